The normalized spacial score (nSPS) is 15.5. The maximum Gasteiger partial charge on any atom is 0.243 e. The van der Waals surface area contributed by atoms with Crippen molar-refractivity contribution in [3.05, 3.63) is 65.9 Å². The highest BCUT2D eigenvalue weighted by atomic mass is 32.2. The van der Waals surface area contributed by atoms with E-state index >= 15 is 0 Å². The molecule has 4 rings (SSSR count). The van der Waals surface area contributed by atoms with Crippen LogP contribution >= 0.6 is 0 Å². The van der Waals surface area contributed by atoms with Gasteiger partial charge in [0.25, 0.3) is 0 Å². The minimum Gasteiger partial charge on any atom is -0.489 e. The number of hydrogen-bond acceptors (Lipinski definition) is 6. The van der Waals surface area contributed by atoms with Gasteiger partial charge in [0.15, 0.2) is 9.84 Å². The zero-order chi connectivity index (χ0) is 23.5. The number of amides is 1. The van der Waals surface area contributed by atoms with Crippen LogP contribution in [0.1, 0.15) is 43.4 Å². The third-order valence-corrected chi connectivity index (χ3v) is 8.31. The fourth-order valence-corrected chi connectivity index (χ4v) is 6.70. The van der Waals surface area contributed by atoms with Gasteiger partial charge in [-0.3, -0.25) is 15.0 Å². The molecular weight excluding hydrogens is 440 g/mol. The van der Waals surface area contributed by atoms with E-state index in [1.807, 2.05) is 37.3 Å². The quantitative estimate of drug-likeness (QED) is 0.376. The Balaban J connectivity index is 1.47. The molecule has 8 heteroatoms. The zero-order valence-electron chi connectivity index (χ0n) is 18.6. The number of hydroxylamine groups is 1. The van der Waals surface area contributed by atoms with Gasteiger partial charge >= 0.3 is 0 Å². The lowest BCUT2D eigenvalue weighted by atomic mass is 9.84. The third-order valence-electron chi connectivity index (χ3n) is 6.33. The van der Waals surface area contributed by atoms with Crippen molar-refractivity contribution in [3.8, 4) is 5.75 Å². The molecule has 0 unspecified atom stereocenters. The smallest absolute Gasteiger partial charge is 0.243 e. The van der Waals surface area contributed by atoms with Crippen LogP contribution in [0.15, 0.2) is 59.5 Å². The summed E-state index contributed by atoms with van der Waals surface area (Å²) in [5, 5.41) is 9.92. The van der Waals surface area contributed by atoms with E-state index in [-0.39, 0.29) is 17.1 Å². The Morgan fingerprint density at radius 1 is 1.12 bits per heavy atom. The van der Waals surface area contributed by atoms with Crippen molar-refractivity contribution in [1.82, 2.24) is 10.5 Å². The predicted octanol–water partition coefficient (Wildman–Crippen LogP) is 4.35. The highest BCUT2D eigenvalue weighted by Crippen LogP contribution is 2.43. The maximum atomic E-state index is 13.1. The molecule has 1 aliphatic rings. The fraction of sp³-hybridized carbons (Fsp3) is 0.360. The van der Waals surface area contributed by atoms with Gasteiger partial charge in [-0.25, -0.2) is 13.9 Å². The highest BCUT2D eigenvalue weighted by molar-refractivity contribution is 7.91. The largest absolute Gasteiger partial charge is 0.489 e. The van der Waals surface area contributed by atoms with Crippen molar-refractivity contribution in [1.29, 1.82) is 0 Å². The predicted molar refractivity (Wildman–Crippen MR) is 125 cm³/mol. The van der Waals surface area contributed by atoms with Crippen LogP contribution in [0.5, 0.6) is 5.75 Å². The molecule has 1 saturated carbocycles. The number of benzene rings is 2. The first-order chi connectivity index (χ1) is 15.8. The minimum atomic E-state index is -3.60. The molecule has 7 nitrogen and oxygen atoms in total. The number of fused-ring (bicyclic) bond motifs is 1. The molecule has 0 radical (unpaired) electrons. The molecule has 1 aliphatic carbocycles. The number of nitrogens with zero attached hydrogens (tertiary/aromatic N) is 1. The second kappa shape index (κ2) is 9.49. The van der Waals surface area contributed by atoms with Crippen LogP contribution in [0.25, 0.3) is 10.9 Å². The second-order valence-corrected chi connectivity index (χ2v) is 10.9. The Labute approximate surface area is 193 Å². The van der Waals surface area contributed by atoms with Crippen LogP contribution in [0.2, 0.25) is 0 Å². The Morgan fingerprint density at radius 3 is 2.52 bits per heavy atom. The number of pyridine rings is 1. The average molecular weight is 469 g/mol. The van der Waals surface area contributed by atoms with E-state index in [2.05, 4.69) is 4.98 Å². The van der Waals surface area contributed by atoms with Gasteiger partial charge in [0, 0.05) is 23.1 Å². The summed E-state index contributed by atoms with van der Waals surface area (Å²) in [5.74, 6) is -0.0898. The van der Waals surface area contributed by atoms with E-state index in [0.717, 1.165) is 35.0 Å². The van der Waals surface area contributed by atoms with E-state index in [1.54, 1.807) is 29.7 Å². The first kappa shape index (κ1) is 23.2. The van der Waals surface area contributed by atoms with Crippen molar-refractivity contribution in [3.63, 3.8) is 0 Å². The number of aryl methyl sites for hydroxylation is 1. The summed E-state index contributed by atoms with van der Waals surface area (Å²) in [6.45, 7) is 2.28. The summed E-state index contributed by atoms with van der Waals surface area (Å²) in [5.41, 5.74) is 3.83. The minimum absolute atomic E-state index is 0.00320. The number of para-hydroxylation sites is 1. The lowest BCUT2D eigenvalue weighted by molar-refractivity contribution is -0.131. The average Bonchev–Trinajstić information content (AvgIpc) is 3.24. The summed E-state index contributed by atoms with van der Waals surface area (Å²) in [4.78, 5) is 16.5. The highest BCUT2D eigenvalue weighted by Gasteiger charge is 2.40. The lowest BCUT2D eigenvalue weighted by Gasteiger charge is -2.27. The lowest BCUT2D eigenvalue weighted by Crippen LogP contribution is -2.34. The number of ether oxygens (including phenoxy) is 1. The van der Waals surface area contributed by atoms with Gasteiger partial charge in [0.1, 0.15) is 12.4 Å². The van der Waals surface area contributed by atoms with Crippen molar-refractivity contribution < 1.29 is 23.2 Å². The van der Waals surface area contributed by atoms with Crippen molar-refractivity contribution >= 4 is 26.6 Å². The fourth-order valence-electron chi connectivity index (χ4n) is 4.78. The number of sulfone groups is 1. The second-order valence-electron chi connectivity index (χ2n) is 8.88. The standard InChI is InChI=1S/C25H28N2O5S/c1-18-14-19(22-6-2-3-7-23(22)26-18)16-32-20-8-10-21(11-9-20)33(30,31)17-25(12-4-5-13-25)15-24(28)27-29/h2-3,6-11,14,29H,4-5,12-13,15-17H2,1H3,(H,27,28). The van der Waals surface area contributed by atoms with Crippen LogP contribution < -0.4 is 10.2 Å². The summed E-state index contributed by atoms with van der Waals surface area (Å²) >= 11 is 0. The van der Waals surface area contributed by atoms with Crippen LogP contribution in [0, 0.1) is 12.3 Å². The van der Waals surface area contributed by atoms with Gasteiger partial charge in [-0.1, -0.05) is 31.0 Å². The van der Waals surface area contributed by atoms with E-state index in [9.17, 15) is 13.2 Å². The number of aromatic nitrogens is 1. The number of rotatable bonds is 8. The van der Waals surface area contributed by atoms with E-state index in [0.29, 0.717) is 25.2 Å². The van der Waals surface area contributed by atoms with Gasteiger partial charge in [-0.15, -0.1) is 0 Å². The van der Waals surface area contributed by atoms with Gasteiger partial charge in [0.05, 0.1) is 16.2 Å². The number of hydrogen-bond donors (Lipinski definition) is 2. The third kappa shape index (κ3) is 5.34. The Hall–Kier alpha value is -2.97. The van der Waals surface area contributed by atoms with Crippen LogP contribution in [-0.2, 0) is 21.2 Å². The number of nitrogens with one attached hydrogen (secondary N) is 1. The van der Waals surface area contributed by atoms with E-state index < -0.39 is 21.2 Å². The molecule has 1 fully saturated rings. The molecule has 33 heavy (non-hydrogen) atoms. The van der Waals surface area contributed by atoms with E-state index in [4.69, 9.17) is 9.94 Å². The monoisotopic (exact) mass is 468 g/mol. The zero-order valence-corrected chi connectivity index (χ0v) is 19.4. The molecule has 1 amide bonds. The first-order valence-electron chi connectivity index (χ1n) is 11.0. The summed E-state index contributed by atoms with van der Waals surface area (Å²) in [6, 6.07) is 16.3. The van der Waals surface area contributed by atoms with Crippen molar-refractivity contribution in [2.45, 2.75) is 50.5 Å². The van der Waals surface area contributed by atoms with E-state index in [1.165, 1.54) is 0 Å². The molecule has 174 valence electrons. The molecule has 3 aromatic rings. The van der Waals surface area contributed by atoms with Gasteiger partial charge in [0.2, 0.25) is 5.91 Å². The van der Waals surface area contributed by atoms with Crippen molar-refractivity contribution in [2.24, 2.45) is 5.41 Å². The van der Waals surface area contributed by atoms with Crippen LogP contribution in [0.4, 0.5) is 0 Å². The van der Waals surface area contributed by atoms with Crippen LogP contribution in [0.3, 0.4) is 0 Å². The molecular formula is C25H28N2O5S. The number of carbonyl (C=O) groups excluding carboxylic acids is 1. The molecule has 0 aliphatic heterocycles. The van der Waals surface area contributed by atoms with Gasteiger partial charge in [-0.05, 0) is 61.6 Å². The summed E-state index contributed by atoms with van der Waals surface area (Å²) in [7, 11) is -3.60. The molecule has 2 aromatic carbocycles. The molecule has 1 aromatic heterocycles. The molecule has 1 heterocycles. The molecule has 2 N–H and O–H groups in total. The Kier molecular flexibility index (Phi) is 6.67. The molecule has 0 saturated heterocycles. The summed E-state index contributed by atoms with van der Waals surface area (Å²) in [6.07, 6.45) is 3.07. The molecule has 0 bridgehead atoms. The maximum absolute atomic E-state index is 13.1. The Morgan fingerprint density at radius 2 is 1.82 bits per heavy atom. The van der Waals surface area contributed by atoms with Crippen LogP contribution in [-0.4, -0.2) is 30.3 Å². The molecule has 0 spiro atoms. The van der Waals surface area contributed by atoms with Gasteiger partial charge < -0.3 is 4.74 Å². The summed E-state index contributed by atoms with van der Waals surface area (Å²) < 4.78 is 32.1. The van der Waals surface area contributed by atoms with Gasteiger partial charge in [-0.2, -0.15) is 0 Å². The molecule has 0 atom stereocenters. The Bertz CT molecular complexity index is 1250. The first-order valence-corrected chi connectivity index (χ1v) is 12.7. The SMILES string of the molecule is Cc1cc(COc2ccc(S(=O)(=O)CC3(CC(=O)NO)CCCC3)cc2)c2ccccc2n1. The van der Waals surface area contributed by atoms with Crippen molar-refractivity contribution in [2.75, 3.05) is 5.75 Å². The topological polar surface area (TPSA) is 106 Å². The number of carbonyl (C=O) groups is 1.